The van der Waals surface area contributed by atoms with E-state index in [0.717, 1.165) is 50.8 Å². The number of hydrogen-bond donors (Lipinski definition) is 1. The number of anilines is 1. The number of fused-ring (bicyclic) bond motifs is 2. The van der Waals surface area contributed by atoms with Crippen LogP contribution in [-0.4, -0.2) is 24.0 Å². The number of para-hydroxylation sites is 1. The van der Waals surface area contributed by atoms with Crippen LogP contribution in [0.3, 0.4) is 0 Å². The summed E-state index contributed by atoms with van der Waals surface area (Å²) in [6, 6.07) is 31.2. The van der Waals surface area contributed by atoms with Gasteiger partial charge < -0.3 is 14.8 Å². The molecule has 0 aliphatic rings. The molecule has 0 saturated carbocycles. The van der Waals surface area contributed by atoms with Crippen LogP contribution in [0.15, 0.2) is 97.1 Å². The van der Waals surface area contributed by atoms with Gasteiger partial charge in [0.25, 0.3) is 5.91 Å². The fourth-order valence-corrected chi connectivity index (χ4v) is 4.30. The quantitative estimate of drug-likeness (QED) is 0.226. The first kappa shape index (κ1) is 25.0. The highest BCUT2D eigenvalue weighted by Gasteiger charge is 2.08. The summed E-state index contributed by atoms with van der Waals surface area (Å²) in [5, 5.41) is 6.09. The van der Waals surface area contributed by atoms with E-state index < -0.39 is 0 Å². The molecule has 0 unspecified atom stereocenters. The molecule has 0 radical (unpaired) electrons. The summed E-state index contributed by atoms with van der Waals surface area (Å²) in [7, 11) is 1.39. The monoisotopic (exact) mass is 504 g/mol. The van der Waals surface area contributed by atoms with Gasteiger partial charge in [-0.15, -0.1) is 0 Å². The van der Waals surface area contributed by atoms with Crippen molar-refractivity contribution < 1.29 is 19.1 Å². The van der Waals surface area contributed by atoms with E-state index in [0.29, 0.717) is 25.0 Å². The van der Waals surface area contributed by atoms with E-state index in [9.17, 15) is 9.59 Å². The van der Waals surface area contributed by atoms with Gasteiger partial charge in [0.05, 0.1) is 18.3 Å². The summed E-state index contributed by atoms with van der Waals surface area (Å²) in [6.45, 7) is 0.383. The van der Waals surface area contributed by atoms with E-state index >= 15 is 0 Å². The highest BCUT2D eigenvalue weighted by Crippen LogP contribution is 2.25. The molecule has 0 fully saturated rings. The van der Waals surface area contributed by atoms with Gasteiger partial charge >= 0.3 is 5.97 Å². The molecule has 190 valence electrons. The Morgan fingerprint density at radius 2 is 1.58 bits per heavy atom. The number of nitrogens with zero attached hydrogens (tertiary/aromatic N) is 1. The Balaban J connectivity index is 1.19. The molecule has 5 aromatic rings. The molecule has 1 aromatic heterocycles. The summed E-state index contributed by atoms with van der Waals surface area (Å²) in [5.74, 6) is 0.377. The first-order valence-corrected chi connectivity index (χ1v) is 12.6. The fraction of sp³-hybridized carbons (Fsp3) is 0.156. The Labute approximate surface area is 221 Å². The molecule has 4 aromatic carbocycles. The number of nitrogens with one attached hydrogen (secondary N) is 1. The van der Waals surface area contributed by atoms with Crippen molar-refractivity contribution in [3.05, 3.63) is 114 Å². The second-order valence-corrected chi connectivity index (χ2v) is 9.09. The predicted octanol–water partition coefficient (Wildman–Crippen LogP) is 6.72. The van der Waals surface area contributed by atoms with Gasteiger partial charge in [0.2, 0.25) is 0 Å². The van der Waals surface area contributed by atoms with Gasteiger partial charge in [0, 0.05) is 23.1 Å². The van der Waals surface area contributed by atoms with E-state index in [4.69, 9.17) is 4.74 Å². The minimum Gasteiger partial charge on any atom is -0.487 e. The number of hydrogen-bond acceptors (Lipinski definition) is 5. The van der Waals surface area contributed by atoms with E-state index in [1.165, 1.54) is 7.11 Å². The zero-order chi connectivity index (χ0) is 26.3. The molecule has 0 saturated heterocycles. The maximum atomic E-state index is 12.8. The van der Waals surface area contributed by atoms with Crippen LogP contribution < -0.4 is 10.1 Å². The van der Waals surface area contributed by atoms with E-state index in [1.807, 2.05) is 78.9 Å². The SMILES string of the molecule is COC(=O)CCCc1ccc(C(=O)Nc2ccc3cc(OCc4ccc5ccccc5n4)ccc3c2)cc1. The number of esters is 1. The first-order valence-electron chi connectivity index (χ1n) is 12.6. The van der Waals surface area contributed by atoms with Gasteiger partial charge in [-0.25, -0.2) is 4.98 Å². The zero-order valence-electron chi connectivity index (χ0n) is 21.1. The number of ether oxygens (including phenoxy) is 2. The molecular weight excluding hydrogens is 476 g/mol. The van der Waals surface area contributed by atoms with E-state index in [2.05, 4.69) is 21.1 Å². The van der Waals surface area contributed by atoms with Gasteiger partial charge in [-0.1, -0.05) is 48.5 Å². The lowest BCUT2D eigenvalue weighted by molar-refractivity contribution is -0.140. The van der Waals surface area contributed by atoms with Crippen molar-refractivity contribution in [2.24, 2.45) is 0 Å². The van der Waals surface area contributed by atoms with Crippen LogP contribution in [0.2, 0.25) is 0 Å². The number of carbonyl (C=O) groups is 2. The van der Waals surface area contributed by atoms with Gasteiger partial charge in [0.1, 0.15) is 12.4 Å². The molecule has 1 heterocycles. The normalized spacial score (nSPS) is 10.9. The smallest absolute Gasteiger partial charge is 0.305 e. The molecule has 6 heteroatoms. The Morgan fingerprint density at radius 3 is 2.42 bits per heavy atom. The lowest BCUT2D eigenvalue weighted by Gasteiger charge is -2.10. The van der Waals surface area contributed by atoms with E-state index in [-0.39, 0.29) is 11.9 Å². The van der Waals surface area contributed by atoms with Crippen molar-refractivity contribution in [1.82, 2.24) is 4.98 Å². The molecule has 38 heavy (non-hydrogen) atoms. The van der Waals surface area contributed by atoms with Crippen molar-refractivity contribution in [2.45, 2.75) is 25.9 Å². The van der Waals surface area contributed by atoms with E-state index in [1.54, 1.807) is 12.1 Å². The Kier molecular flexibility index (Phi) is 7.59. The minimum atomic E-state index is -0.210. The molecule has 0 bridgehead atoms. The third kappa shape index (κ3) is 6.16. The highest BCUT2D eigenvalue weighted by molar-refractivity contribution is 6.05. The van der Waals surface area contributed by atoms with Crippen LogP contribution >= 0.6 is 0 Å². The first-order chi connectivity index (χ1) is 18.6. The molecule has 1 amide bonds. The predicted molar refractivity (Wildman–Crippen MR) is 149 cm³/mol. The Bertz CT molecular complexity index is 1600. The van der Waals surface area contributed by atoms with Crippen LogP contribution in [0.4, 0.5) is 5.69 Å². The number of aromatic nitrogens is 1. The second-order valence-electron chi connectivity index (χ2n) is 9.09. The number of amides is 1. The third-order valence-corrected chi connectivity index (χ3v) is 6.40. The number of pyridine rings is 1. The zero-order valence-corrected chi connectivity index (χ0v) is 21.1. The van der Waals surface area contributed by atoms with Gasteiger partial charge in [-0.05, 0) is 77.7 Å². The molecule has 0 aliphatic carbocycles. The summed E-state index contributed by atoms with van der Waals surface area (Å²) in [5.41, 5.74) is 4.20. The molecular formula is C32H28N2O4. The molecule has 6 nitrogen and oxygen atoms in total. The lowest BCUT2D eigenvalue weighted by Crippen LogP contribution is -2.11. The Hall–Kier alpha value is -4.71. The maximum Gasteiger partial charge on any atom is 0.305 e. The van der Waals surface area contributed by atoms with Crippen molar-refractivity contribution in [3.63, 3.8) is 0 Å². The van der Waals surface area contributed by atoms with Gasteiger partial charge in [0.15, 0.2) is 0 Å². The summed E-state index contributed by atoms with van der Waals surface area (Å²) >= 11 is 0. The average Bonchev–Trinajstić information content (AvgIpc) is 2.96. The minimum absolute atomic E-state index is 0.173. The number of aryl methyl sites for hydroxylation is 1. The lowest BCUT2D eigenvalue weighted by atomic mass is 10.1. The number of rotatable bonds is 9. The maximum absolute atomic E-state index is 12.8. The van der Waals surface area contributed by atoms with Crippen molar-refractivity contribution >= 4 is 39.2 Å². The topological polar surface area (TPSA) is 77.5 Å². The van der Waals surface area contributed by atoms with Crippen molar-refractivity contribution in [2.75, 3.05) is 12.4 Å². The molecule has 5 rings (SSSR count). The van der Waals surface area contributed by atoms with Gasteiger partial charge in [-0.3, -0.25) is 9.59 Å². The average molecular weight is 505 g/mol. The summed E-state index contributed by atoms with van der Waals surface area (Å²) < 4.78 is 10.7. The van der Waals surface area contributed by atoms with Gasteiger partial charge in [-0.2, -0.15) is 0 Å². The molecule has 0 atom stereocenters. The highest BCUT2D eigenvalue weighted by atomic mass is 16.5. The van der Waals surface area contributed by atoms with Crippen LogP contribution in [0.1, 0.15) is 34.5 Å². The largest absolute Gasteiger partial charge is 0.487 e. The van der Waals surface area contributed by atoms with Crippen molar-refractivity contribution in [1.29, 1.82) is 0 Å². The molecule has 0 spiro atoms. The van der Waals surface area contributed by atoms with Crippen LogP contribution in [0.25, 0.3) is 21.7 Å². The van der Waals surface area contributed by atoms with Crippen LogP contribution in [-0.2, 0) is 22.6 Å². The second kappa shape index (κ2) is 11.6. The third-order valence-electron chi connectivity index (χ3n) is 6.40. The summed E-state index contributed by atoms with van der Waals surface area (Å²) in [6.07, 6.45) is 1.85. The van der Waals surface area contributed by atoms with Crippen LogP contribution in [0, 0.1) is 0 Å². The molecule has 1 N–H and O–H groups in total. The van der Waals surface area contributed by atoms with Crippen LogP contribution in [0.5, 0.6) is 5.75 Å². The molecule has 0 aliphatic heterocycles. The standard InChI is InChI=1S/C32H28N2O4/c1-37-31(35)8-4-5-22-9-11-24(12-10-22)32(36)34-27-16-14-26-20-29(18-15-25(26)19-27)38-21-28-17-13-23-6-2-3-7-30(23)33-28/h2-3,6-7,9-20H,4-5,8,21H2,1H3,(H,34,36). The number of methoxy groups -OCH3 is 1. The number of carbonyl (C=O) groups excluding carboxylic acids is 2. The number of benzene rings is 4. The fourth-order valence-electron chi connectivity index (χ4n) is 4.30. The Morgan fingerprint density at radius 1 is 0.816 bits per heavy atom. The van der Waals surface area contributed by atoms with Crippen molar-refractivity contribution in [3.8, 4) is 5.75 Å². The summed E-state index contributed by atoms with van der Waals surface area (Å²) in [4.78, 5) is 28.7.